The van der Waals surface area contributed by atoms with Crippen molar-refractivity contribution in [2.45, 2.75) is 26.0 Å². The van der Waals surface area contributed by atoms with Crippen LogP contribution in [0.1, 0.15) is 29.8 Å². The molecule has 2 aromatic rings. The molecular formula is C18H19F2NO2. The number of hydrogen-bond donors (Lipinski definition) is 1. The highest BCUT2D eigenvalue weighted by atomic mass is 19.2. The van der Waals surface area contributed by atoms with E-state index in [1.807, 2.05) is 30.3 Å². The second kappa shape index (κ2) is 7.33. The largest absolute Gasteiger partial charge is 0.374 e. The van der Waals surface area contributed by atoms with Crippen molar-refractivity contribution in [3.63, 3.8) is 0 Å². The topological polar surface area (TPSA) is 38.3 Å². The first-order chi connectivity index (χ1) is 10.9. The van der Waals surface area contributed by atoms with Crippen molar-refractivity contribution >= 4 is 5.91 Å². The maximum atomic E-state index is 13.2. The van der Waals surface area contributed by atoms with E-state index in [-0.39, 0.29) is 12.2 Å². The molecule has 122 valence electrons. The van der Waals surface area contributed by atoms with Gasteiger partial charge in [0.15, 0.2) is 11.6 Å². The van der Waals surface area contributed by atoms with Crippen LogP contribution < -0.4 is 5.32 Å². The molecule has 0 aliphatic heterocycles. The monoisotopic (exact) mass is 319 g/mol. The molecule has 2 aromatic carbocycles. The summed E-state index contributed by atoms with van der Waals surface area (Å²) in [7, 11) is 0. The van der Waals surface area contributed by atoms with Crippen LogP contribution >= 0.6 is 0 Å². The number of hydrogen-bond acceptors (Lipinski definition) is 2. The molecular weight excluding hydrogens is 300 g/mol. The van der Waals surface area contributed by atoms with Crippen LogP contribution in [0.2, 0.25) is 0 Å². The van der Waals surface area contributed by atoms with E-state index in [0.29, 0.717) is 6.61 Å². The molecule has 5 heteroatoms. The van der Waals surface area contributed by atoms with Gasteiger partial charge in [-0.3, -0.25) is 4.79 Å². The van der Waals surface area contributed by atoms with Crippen molar-refractivity contribution in [1.82, 2.24) is 5.32 Å². The summed E-state index contributed by atoms with van der Waals surface area (Å²) in [6.45, 7) is 4.33. The fourth-order valence-corrected chi connectivity index (χ4v) is 2.05. The summed E-state index contributed by atoms with van der Waals surface area (Å²) in [6.07, 6.45) is 0. The van der Waals surface area contributed by atoms with Gasteiger partial charge >= 0.3 is 0 Å². The fourth-order valence-electron chi connectivity index (χ4n) is 2.05. The molecule has 0 aliphatic carbocycles. The van der Waals surface area contributed by atoms with Gasteiger partial charge in [0.05, 0.1) is 18.8 Å². The smallest absolute Gasteiger partial charge is 0.251 e. The first-order valence-corrected chi connectivity index (χ1v) is 7.27. The molecule has 2 rings (SSSR count). The van der Waals surface area contributed by atoms with Crippen LogP contribution in [0.5, 0.6) is 0 Å². The SMILES string of the molecule is CC(C)(COCc1ccccc1)NC(=O)c1ccc(F)c(F)c1. The molecule has 3 nitrogen and oxygen atoms in total. The number of nitrogens with one attached hydrogen (secondary N) is 1. The van der Waals surface area contributed by atoms with E-state index in [0.717, 1.165) is 17.7 Å². The predicted octanol–water partition coefficient (Wildman–Crippen LogP) is 3.69. The van der Waals surface area contributed by atoms with Crippen LogP contribution in [0.25, 0.3) is 0 Å². The lowest BCUT2D eigenvalue weighted by Gasteiger charge is -2.26. The highest BCUT2D eigenvalue weighted by molar-refractivity contribution is 5.94. The summed E-state index contributed by atoms with van der Waals surface area (Å²) in [5.41, 5.74) is 0.465. The molecule has 0 fully saturated rings. The normalized spacial score (nSPS) is 11.3. The van der Waals surface area contributed by atoms with Gasteiger partial charge in [0, 0.05) is 5.56 Å². The van der Waals surface area contributed by atoms with Gasteiger partial charge in [-0.05, 0) is 37.6 Å². The minimum Gasteiger partial charge on any atom is -0.374 e. The summed E-state index contributed by atoms with van der Waals surface area (Å²) in [6, 6.07) is 12.7. The molecule has 0 heterocycles. The fraction of sp³-hybridized carbons (Fsp3) is 0.278. The van der Waals surface area contributed by atoms with Crippen molar-refractivity contribution in [3.8, 4) is 0 Å². The maximum absolute atomic E-state index is 13.2. The Bertz CT molecular complexity index is 672. The summed E-state index contributed by atoms with van der Waals surface area (Å²) >= 11 is 0. The molecule has 1 N–H and O–H groups in total. The average molecular weight is 319 g/mol. The van der Waals surface area contributed by atoms with Crippen LogP contribution in [-0.2, 0) is 11.3 Å². The van der Waals surface area contributed by atoms with Crippen LogP contribution in [0.4, 0.5) is 8.78 Å². The van der Waals surface area contributed by atoms with E-state index in [1.54, 1.807) is 13.8 Å². The standard InChI is InChI=1S/C18H19F2NO2/c1-18(2,12-23-11-13-6-4-3-5-7-13)21-17(22)14-8-9-15(19)16(20)10-14/h3-10H,11-12H2,1-2H3,(H,21,22). The van der Waals surface area contributed by atoms with Crippen molar-refractivity contribution in [3.05, 3.63) is 71.3 Å². The maximum Gasteiger partial charge on any atom is 0.251 e. The Morgan fingerprint density at radius 2 is 1.78 bits per heavy atom. The number of halogens is 2. The summed E-state index contributed by atoms with van der Waals surface area (Å²) in [4.78, 5) is 12.1. The summed E-state index contributed by atoms with van der Waals surface area (Å²) in [5.74, 6) is -2.50. The Morgan fingerprint density at radius 1 is 1.09 bits per heavy atom. The minimum absolute atomic E-state index is 0.0695. The van der Waals surface area contributed by atoms with Gasteiger partial charge in [0.1, 0.15) is 0 Å². The zero-order valence-electron chi connectivity index (χ0n) is 13.1. The lowest BCUT2D eigenvalue weighted by atomic mass is 10.1. The van der Waals surface area contributed by atoms with Gasteiger partial charge in [-0.1, -0.05) is 30.3 Å². The molecule has 0 saturated heterocycles. The van der Waals surface area contributed by atoms with Crippen molar-refractivity contribution < 1.29 is 18.3 Å². The summed E-state index contributed by atoms with van der Waals surface area (Å²) in [5, 5.41) is 2.75. The third kappa shape index (κ3) is 5.14. The summed E-state index contributed by atoms with van der Waals surface area (Å²) < 4.78 is 31.7. The highest BCUT2D eigenvalue weighted by Crippen LogP contribution is 2.12. The number of benzene rings is 2. The van der Waals surface area contributed by atoms with Crippen LogP contribution in [0.3, 0.4) is 0 Å². The number of amides is 1. The predicted molar refractivity (Wildman–Crippen MR) is 84.0 cm³/mol. The van der Waals surface area contributed by atoms with Gasteiger partial charge in [0.2, 0.25) is 0 Å². The van der Waals surface area contributed by atoms with E-state index in [4.69, 9.17) is 4.74 Å². The van der Waals surface area contributed by atoms with Crippen molar-refractivity contribution in [2.24, 2.45) is 0 Å². The number of rotatable bonds is 6. The van der Waals surface area contributed by atoms with E-state index >= 15 is 0 Å². The molecule has 1 amide bonds. The Balaban J connectivity index is 1.89. The quantitative estimate of drug-likeness (QED) is 0.882. The molecule has 0 atom stereocenters. The molecule has 0 unspecified atom stereocenters. The second-order valence-corrected chi connectivity index (χ2v) is 5.95. The Labute approximate surface area is 134 Å². The van der Waals surface area contributed by atoms with Gasteiger partial charge in [-0.15, -0.1) is 0 Å². The van der Waals surface area contributed by atoms with Gasteiger partial charge in [-0.25, -0.2) is 8.78 Å². The van der Waals surface area contributed by atoms with Crippen molar-refractivity contribution in [2.75, 3.05) is 6.61 Å². The minimum atomic E-state index is -1.05. The number of carbonyl (C=O) groups is 1. The highest BCUT2D eigenvalue weighted by Gasteiger charge is 2.22. The Hall–Kier alpha value is -2.27. The molecule has 0 saturated carbocycles. The van der Waals surface area contributed by atoms with E-state index in [2.05, 4.69) is 5.32 Å². The molecule has 23 heavy (non-hydrogen) atoms. The Morgan fingerprint density at radius 3 is 2.43 bits per heavy atom. The molecule has 0 spiro atoms. The average Bonchev–Trinajstić information content (AvgIpc) is 2.50. The first kappa shape index (κ1) is 17.1. The number of ether oxygens (including phenoxy) is 1. The van der Waals surface area contributed by atoms with Gasteiger partial charge < -0.3 is 10.1 Å². The van der Waals surface area contributed by atoms with Crippen LogP contribution in [-0.4, -0.2) is 18.1 Å². The van der Waals surface area contributed by atoms with E-state index in [9.17, 15) is 13.6 Å². The first-order valence-electron chi connectivity index (χ1n) is 7.27. The second-order valence-electron chi connectivity index (χ2n) is 5.95. The Kier molecular flexibility index (Phi) is 5.45. The zero-order chi connectivity index (χ0) is 16.9. The third-order valence-electron chi connectivity index (χ3n) is 3.21. The lowest BCUT2D eigenvalue weighted by molar-refractivity contribution is 0.0616. The molecule has 0 bridgehead atoms. The van der Waals surface area contributed by atoms with Crippen LogP contribution in [0.15, 0.2) is 48.5 Å². The molecule has 0 aromatic heterocycles. The van der Waals surface area contributed by atoms with E-state index in [1.165, 1.54) is 6.07 Å². The number of carbonyl (C=O) groups excluding carboxylic acids is 1. The van der Waals surface area contributed by atoms with Crippen LogP contribution in [0, 0.1) is 11.6 Å². The lowest BCUT2D eigenvalue weighted by Crippen LogP contribution is -2.47. The van der Waals surface area contributed by atoms with Crippen molar-refractivity contribution in [1.29, 1.82) is 0 Å². The van der Waals surface area contributed by atoms with Gasteiger partial charge in [0.25, 0.3) is 5.91 Å². The molecule has 0 radical (unpaired) electrons. The third-order valence-corrected chi connectivity index (χ3v) is 3.21. The van der Waals surface area contributed by atoms with E-state index < -0.39 is 23.1 Å². The van der Waals surface area contributed by atoms with Gasteiger partial charge in [-0.2, -0.15) is 0 Å². The zero-order valence-corrected chi connectivity index (χ0v) is 13.1. The molecule has 0 aliphatic rings.